The summed E-state index contributed by atoms with van der Waals surface area (Å²) in [4.78, 5) is 10.4. The summed E-state index contributed by atoms with van der Waals surface area (Å²) in [5.74, 6) is 1.58. The van der Waals surface area contributed by atoms with Crippen LogP contribution in [0.4, 0.5) is 5.82 Å². The van der Waals surface area contributed by atoms with E-state index < -0.39 is 0 Å². The average molecular weight is 350 g/mol. The molecule has 126 valence electrons. The lowest BCUT2D eigenvalue weighted by molar-refractivity contribution is 0.878. The van der Waals surface area contributed by atoms with E-state index in [1.165, 1.54) is 4.88 Å². The second kappa shape index (κ2) is 7.00. The summed E-state index contributed by atoms with van der Waals surface area (Å²) < 4.78 is 0. The minimum Gasteiger partial charge on any atom is -0.365 e. The van der Waals surface area contributed by atoms with Gasteiger partial charge in [-0.2, -0.15) is 5.10 Å². The largest absolute Gasteiger partial charge is 0.365 e. The van der Waals surface area contributed by atoms with E-state index in [2.05, 4.69) is 36.9 Å². The molecule has 0 amide bonds. The fourth-order valence-electron chi connectivity index (χ4n) is 2.76. The zero-order chi connectivity index (χ0) is 17.1. The molecule has 0 atom stereocenters. The number of nitrogens with one attached hydrogen (secondary N) is 2. The topological polar surface area (TPSA) is 92.5 Å². The van der Waals surface area contributed by atoms with Crippen LogP contribution in [0, 0.1) is 0 Å². The van der Waals surface area contributed by atoms with E-state index in [1.54, 1.807) is 11.3 Å². The third-order valence-electron chi connectivity index (χ3n) is 3.95. The highest BCUT2D eigenvalue weighted by atomic mass is 32.1. The molecule has 6 nitrogen and oxygen atoms in total. The SMILES string of the molecule is NCCc1nc(NCc2cn[nH]c2-c2cccs2)c2ccccc2n1. The normalized spacial score (nSPS) is 11.1. The first-order valence-corrected chi connectivity index (χ1v) is 8.99. The summed E-state index contributed by atoms with van der Waals surface area (Å²) in [6.07, 6.45) is 2.51. The van der Waals surface area contributed by atoms with Gasteiger partial charge < -0.3 is 11.1 Å². The Hall–Kier alpha value is -2.77. The third-order valence-corrected chi connectivity index (χ3v) is 4.84. The van der Waals surface area contributed by atoms with Gasteiger partial charge in [0.15, 0.2) is 0 Å². The zero-order valence-electron chi connectivity index (χ0n) is 13.6. The van der Waals surface area contributed by atoms with E-state index >= 15 is 0 Å². The maximum Gasteiger partial charge on any atom is 0.137 e. The van der Waals surface area contributed by atoms with Crippen LogP contribution in [-0.2, 0) is 13.0 Å². The zero-order valence-corrected chi connectivity index (χ0v) is 14.4. The molecule has 4 N–H and O–H groups in total. The summed E-state index contributed by atoms with van der Waals surface area (Å²) in [7, 11) is 0. The van der Waals surface area contributed by atoms with Gasteiger partial charge in [0.1, 0.15) is 11.6 Å². The van der Waals surface area contributed by atoms with Gasteiger partial charge >= 0.3 is 0 Å². The maximum atomic E-state index is 5.67. The molecule has 0 saturated carbocycles. The molecule has 7 heteroatoms. The molecular formula is C18H18N6S. The molecule has 25 heavy (non-hydrogen) atoms. The molecule has 0 aliphatic heterocycles. The molecule has 0 aliphatic carbocycles. The fourth-order valence-corrected chi connectivity index (χ4v) is 3.51. The van der Waals surface area contributed by atoms with Gasteiger partial charge in [-0.1, -0.05) is 18.2 Å². The Labute approximate surface area is 149 Å². The van der Waals surface area contributed by atoms with Gasteiger partial charge in [0.05, 0.1) is 22.3 Å². The number of hydrogen-bond acceptors (Lipinski definition) is 6. The Bertz CT molecular complexity index is 976. The van der Waals surface area contributed by atoms with Gasteiger partial charge in [-0.15, -0.1) is 11.3 Å². The number of benzene rings is 1. The van der Waals surface area contributed by atoms with Crippen molar-refractivity contribution in [3.8, 4) is 10.6 Å². The van der Waals surface area contributed by atoms with E-state index in [-0.39, 0.29) is 0 Å². The van der Waals surface area contributed by atoms with Gasteiger partial charge in [-0.25, -0.2) is 9.97 Å². The predicted octanol–water partition coefficient (Wildman–Crippen LogP) is 3.19. The Morgan fingerprint density at radius 3 is 2.88 bits per heavy atom. The van der Waals surface area contributed by atoms with Gasteiger partial charge in [0.25, 0.3) is 0 Å². The number of anilines is 1. The molecule has 0 bridgehead atoms. The van der Waals surface area contributed by atoms with E-state index in [1.807, 2.05) is 36.5 Å². The van der Waals surface area contributed by atoms with Crippen molar-refractivity contribution >= 4 is 28.1 Å². The smallest absolute Gasteiger partial charge is 0.137 e. The third kappa shape index (κ3) is 3.24. The number of hydrogen-bond donors (Lipinski definition) is 3. The number of H-pyrrole nitrogens is 1. The quantitative estimate of drug-likeness (QED) is 0.497. The van der Waals surface area contributed by atoms with Crippen molar-refractivity contribution in [3.63, 3.8) is 0 Å². The van der Waals surface area contributed by atoms with Crippen LogP contribution in [0.3, 0.4) is 0 Å². The highest BCUT2D eigenvalue weighted by Crippen LogP contribution is 2.27. The van der Waals surface area contributed by atoms with Crippen molar-refractivity contribution < 1.29 is 0 Å². The number of para-hydroxylation sites is 1. The van der Waals surface area contributed by atoms with E-state index in [9.17, 15) is 0 Å². The lowest BCUT2D eigenvalue weighted by Crippen LogP contribution is -2.10. The highest BCUT2D eigenvalue weighted by Gasteiger charge is 2.11. The standard InChI is InChI=1S/C18H18N6S/c19-8-7-16-22-14-5-2-1-4-13(14)18(23-16)20-10-12-11-21-24-17(12)15-6-3-9-25-15/h1-6,9,11H,7-8,10,19H2,(H,21,24)(H,20,22,23). The minimum atomic E-state index is 0.530. The summed E-state index contributed by atoms with van der Waals surface area (Å²) in [6, 6.07) is 12.1. The number of rotatable bonds is 6. The highest BCUT2D eigenvalue weighted by molar-refractivity contribution is 7.13. The fraction of sp³-hybridized carbons (Fsp3) is 0.167. The van der Waals surface area contributed by atoms with Crippen molar-refractivity contribution in [1.82, 2.24) is 20.2 Å². The first-order chi connectivity index (χ1) is 12.3. The lowest BCUT2D eigenvalue weighted by atomic mass is 10.2. The number of fused-ring (bicyclic) bond motifs is 1. The number of thiophene rings is 1. The molecule has 0 radical (unpaired) electrons. The second-order valence-corrected chi connectivity index (χ2v) is 6.59. The van der Waals surface area contributed by atoms with Crippen LogP contribution in [-0.4, -0.2) is 26.7 Å². The van der Waals surface area contributed by atoms with Crippen LogP contribution < -0.4 is 11.1 Å². The number of nitrogens with zero attached hydrogens (tertiary/aromatic N) is 3. The van der Waals surface area contributed by atoms with Crippen LogP contribution in [0.15, 0.2) is 48.0 Å². The van der Waals surface area contributed by atoms with Gasteiger partial charge in [0.2, 0.25) is 0 Å². The van der Waals surface area contributed by atoms with E-state index in [4.69, 9.17) is 5.73 Å². The van der Waals surface area contributed by atoms with Gasteiger partial charge in [0, 0.05) is 23.9 Å². The molecule has 3 heterocycles. The predicted molar refractivity (Wildman–Crippen MR) is 102 cm³/mol. The number of aromatic nitrogens is 4. The molecule has 3 aromatic heterocycles. The summed E-state index contributed by atoms with van der Waals surface area (Å²) in [5.41, 5.74) is 8.74. The maximum absolute atomic E-state index is 5.67. The summed E-state index contributed by atoms with van der Waals surface area (Å²) >= 11 is 1.69. The molecule has 0 aliphatic rings. The molecule has 0 saturated heterocycles. The first kappa shape index (κ1) is 15.7. The van der Waals surface area contributed by atoms with E-state index in [0.29, 0.717) is 19.5 Å². The number of aromatic amines is 1. The monoisotopic (exact) mass is 350 g/mol. The van der Waals surface area contributed by atoms with Crippen LogP contribution in [0.2, 0.25) is 0 Å². The molecule has 4 aromatic rings. The van der Waals surface area contributed by atoms with Crippen molar-refractivity contribution in [2.45, 2.75) is 13.0 Å². The summed E-state index contributed by atoms with van der Waals surface area (Å²) in [5, 5.41) is 13.8. The first-order valence-electron chi connectivity index (χ1n) is 8.11. The number of nitrogens with two attached hydrogens (primary N) is 1. The molecule has 0 spiro atoms. The van der Waals surface area contributed by atoms with Gasteiger partial charge in [-0.05, 0) is 30.1 Å². The molecular weight excluding hydrogens is 332 g/mol. The van der Waals surface area contributed by atoms with Crippen molar-refractivity contribution in [1.29, 1.82) is 0 Å². The average Bonchev–Trinajstić information content (AvgIpc) is 3.31. The van der Waals surface area contributed by atoms with Gasteiger partial charge in [-0.3, -0.25) is 5.10 Å². The Balaban J connectivity index is 1.64. The second-order valence-electron chi connectivity index (χ2n) is 5.65. The van der Waals surface area contributed by atoms with Crippen LogP contribution in [0.25, 0.3) is 21.5 Å². The Morgan fingerprint density at radius 2 is 2.04 bits per heavy atom. The molecule has 1 aromatic carbocycles. The minimum absolute atomic E-state index is 0.530. The van der Waals surface area contributed by atoms with Crippen molar-refractivity contribution in [2.24, 2.45) is 5.73 Å². The van der Waals surface area contributed by atoms with Crippen molar-refractivity contribution in [3.05, 3.63) is 59.4 Å². The lowest BCUT2D eigenvalue weighted by Gasteiger charge is -2.10. The summed E-state index contributed by atoms with van der Waals surface area (Å²) in [6.45, 7) is 1.16. The van der Waals surface area contributed by atoms with Crippen LogP contribution in [0.1, 0.15) is 11.4 Å². The van der Waals surface area contributed by atoms with Crippen molar-refractivity contribution in [2.75, 3.05) is 11.9 Å². The molecule has 4 rings (SSSR count). The molecule has 0 unspecified atom stereocenters. The Morgan fingerprint density at radius 1 is 1.12 bits per heavy atom. The van der Waals surface area contributed by atoms with Crippen LogP contribution in [0.5, 0.6) is 0 Å². The molecule has 0 fully saturated rings. The van der Waals surface area contributed by atoms with E-state index in [0.717, 1.165) is 33.8 Å². The Kier molecular flexibility index (Phi) is 4.41. The van der Waals surface area contributed by atoms with Crippen LogP contribution >= 0.6 is 11.3 Å².